The van der Waals surface area contributed by atoms with Crippen molar-refractivity contribution in [2.75, 3.05) is 25.5 Å². The number of hydrogen-bond donors (Lipinski definition) is 0. The van der Waals surface area contributed by atoms with Crippen LogP contribution in [0.5, 0.6) is 0 Å². The second-order valence-electron chi connectivity index (χ2n) is 6.79. The van der Waals surface area contributed by atoms with E-state index in [1.807, 2.05) is 67.5 Å². The van der Waals surface area contributed by atoms with Crippen molar-refractivity contribution in [1.82, 2.24) is 4.90 Å². The highest BCUT2D eigenvalue weighted by molar-refractivity contribution is 9.10. The Hall–Kier alpha value is -2.38. The number of halogens is 1. The van der Waals surface area contributed by atoms with E-state index in [1.54, 1.807) is 17.2 Å². The smallest absolute Gasteiger partial charge is 0.242 e. The number of anilines is 1. The van der Waals surface area contributed by atoms with Gasteiger partial charge in [-0.15, -0.1) is 11.7 Å². The van der Waals surface area contributed by atoms with Gasteiger partial charge >= 0.3 is 0 Å². The van der Waals surface area contributed by atoms with Crippen molar-refractivity contribution in [3.05, 3.63) is 76.8 Å². The summed E-state index contributed by atoms with van der Waals surface area (Å²) in [6.07, 6.45) is 4.06. The molecule has 1 fully saturated rings. The van der Waals surface area contributed by atoms with Crippen molar-refractivity contribution in [1.29, 1.82) is 0 Å². The summed E-state index contributed by atoms with van der Waals surface area (Å²) in [6.45, 7) is 4.18. The Balaban J connectivity index is 1.72. The molecule has 1 heterocycles. The number of hydrogen-bond acceptors (Lipinski definition) is 5. The third-order valence-corrected chi connectivity index (χ3v) is 6.12. The molecule has 3 rings (SSSR count). The lowest BCUT2D eigenvalue weighted by atomic mass is 10.1. The van der Waals surface area contributed by atoms with E-state index < -0.39 is 0 Å². The van der Waals surface area contributed by atoms with Crippen molar-refractivity contribution in [2.45, 2.75) is 11.7 Å². The molecule has 0 unspecified atom stereocenters. The summed E-state index contributed by atoms with van der Waals surface area (Å²) in [4.78, 5) is 16.5. The van der Waals surface area contributed by atoms with Gasteiger partial charge in [-0.2, -0.15) is 5.10 Å². The van der Waals surface area contributed by atoms with Gasteiger partial charge in [0.25, 0.3) is 0 Å². The van der Waals surface area contributed by atoms with Gasteiger partial charge in [0.1, 0.15) is 0 Å². The molecule has 0 aliphatic carbocycles. The fourth-order valence-corrected chi connectivity index (χ4v) is 4.26. The van der Waals surface area contributed by atoms with Crippen LogP contribution < -0.4 is 4.90 Å². The molecule has 2 aromatic carbocycles. The van der Waals surface area contributed by atoms with Crippen LogP contribution >= 0.6 is 27.7 Å². The first-order valence-corrected chi connectivity index (χ1v) is 10.9. The van der Waals surface area contributed by atoms with Crippen molar-refractivity contribution < 1.29 is 4.79 Å². The molecule has 150 valence electrons. The van der Waals surface area contributed by atoms with Gasteiger partial charge in [-0.05, 0) is 41.8 Å². The first kappa shape index (κ1) is 21.3. The number of amides is 1. The Morgan fingerprint density at radius 1 is 1.17 bits per heavy atom. The first-order chi connectivity index (χ1) is 14.0. The summed E-state index contributed by atoms with van der Waals surface area (Å²) in [7, 11) is 4.00. The monoisotopic (exact) mass is 470 g/mol. The summed E-state index contributed by atoms with van der Waals surface area (Å²) in [6, 6.07) is 16.1. The minimum atomic E-state index is -0.204. The maximum atomic E-state index is 12.8. The van der Waals surface area contributed by atoms with Gasteiger partial charge in [-0.3, -0.25) is 9.69 Å². The third kappa shape index (κ3) is 5.58. The van der Waals surface area contributed by atoms with Gasteiger partial charge < -0.3 is 4.90 Å². The predicted octanol–water partition coefficient (Wildman–Crippen LogP) is 4.58. The molecule has 29 heavy (non-hydrogen) atoms. The van der Waals surface area contributed by atoms with E-state index in [2.05, 4.69) is 32.7 Å². The Kier molecular flexibility index (Phi) is 7.28. The number of amidine groups is 1. The van der Waals surface area contributed by atoms with E-state index >= 15 is 0 Å². The molecule has 7 heteroatoms. The summed E-state index contributed by atoms with van der Waals surface area (Å²) in [5.74, 6) is 0.0436. The van der Waals surface area contributed by atoms with E-state index in [9.17, 15) is 4.79 Å². The number of nitrogens with zero attached hydrogens (tertiary/aromatic N) is 4. The lowest BCUT2D eigenvalue weighted by Gasteiger charge is -2.13. The van der Waals surface area contributed by atoms with Gasteiger partial charge in [-0.25, -0.2) is 0 Å². The number of carbonyl (C=O) groups is 1. The molecule has 2 aromatic rings. The molecule has 1 aliphatic rings. The van der Waals surface area contributed by atoms with Crippen molar-refractivity contribution in [2.24, 2.45) is 10.2 Å². The predicted molar refractivity (Wildman–Crippen MR) is 127 cm³/mol. The fraction of sp³-hybridized carbons (Fsp3) is 0.227. The Morgan fingerprint density at radius 2 is 1.86 bits per heavy atom. The zero-order valence-electron chi connectivity index (χ0n) is 16.5. The summed E-state index contributed by atoms with van der Waals surface area (Å²) in [5.41, 5.74) is 3.19. The molecule has 0 N–H and O–H groups in total. The van der Waals surface area contributed by atoms with E-state index in [0.29, 0.717) is 18.1 Å². The number of carbonyl (C=O) groups excluding carboxylic acids is 1. The highest BCUT2D eigenvalue weighted by Crippen LogP contribution is 2.30. The van der Waals surface area contributed by atoms with Gasteiger partial charge in [0.2, 0.25) is 5.91 Å². The van der Waals surface area contributed by atoms with Crippen LogP contribution in [0.2, 0.25) is 0 Å². The Bertz CT molecular complexity index is 923. The maximum absolute atomic E-state index is 12.8. The van der Waals surface area contributed by atoms with Crippen LogP contribution in [0.25, 0.3) is 0 Å². The van der Waals surface area contributed by atoms with Crippen LogP contribution in [-0.2, 0) is 11.2 Å². The molecular formula is C22H23BrN4OS. The standard InChI is InChI=1S/C22H23BrN4OS/c1-4-13-27-21(28)20(14-16-5-9-18(23)10-6-16)29-22(27)25-24-15-17-7-11-19(12-8-17)26(2)3/h4-12,15,20H,1,13-14H2,2-3H3/b24-15-,25-22-/t20-/m1/s1. The van der Waals surface area contributed by atoms with Crippen LogP contribution in [0.1, 0.15) is 11.1 Å². The van der Waals surface area contributed by atoms with Crippen molar-refractivity contribution in [3.8, 4) is 0 Å². The molecule has 0 aromatic heterocycles. The van der Waals surface area contributed by atoms with E-state index in [1.165, 1.54) is 11.8 Å². The SMILES string of the molecule is C=CCN1C(=O)[C@@H](Cc2ccc(Br)cc2)S/C1=N\N=C/c1ccc(N(C)C)cc1. The van der Waals surface area contributed by atoms with Gasteiger partial charge in [0, 0.05) is 30.8 Å². The summed E-state index contributed by atoms with van der Waals surface area (Å²) < 4.78 is 1.02. The summed E-state index contributed by atoms with van der Waals surface area (Å²) in [5, 5.41) is 8.94. The first-order valence-electron chi connectivity index (χ1n) is 9.19. The second kappa shape index (κ2) is 9.89. The van der Waals surface area contributed by atoms with Crippen LogP contribution in [0.4, 0.5) is 5.69 Å². The van der Waals surface area contributed by atoms with E-state index in [4.69, 9.17) is 0 Å². The molecule has 1 saturated heterocycles. The minimum absolute atomic E-state index is 0.0436. The van der Waals surface area contributed by atoms with Crippen LogP contribution in [0, 0.1) is 0 Å². The number of rotatable bonds is 7. The van der Waals surface area contributed by atoms with Crippen LogP contribution in [-0.4, -0.2) is 48.1 Å². The molecule has 5 nitrogen and oxygen atoms in total. The molecular weight excluding hydrogens is 448 g/mol. The maximum Gasteiger partial charge on any atom is 0.242 e. The molecule has 1 aliphatic heterocycles. The van der Waals surface area contributed by atoms with E-state index in [-0.39, 0.29) is 11.2 Å². The molecule has 0 saturated carbocycles. The second-order valence-corrected chi connectivity index (χ2v) is 8.87. The average molecular weight is 471 g/mol. The molecule has 0 spiro atoms. The molecule has 0 bridgehead atoms. The Morgan fingerprint density at radius 3 is 2.48 bits per heavy atom. The minimum Gasteiger partial charge on any atom is -0.378 e. The lowest BCUT2D eigenvalue weighted by molar-refractivity contribution is -0.125. The van der Waals surface area contributed by atoms with Crippen molar-refractivity contribution in [3.63, 3.8) is 0 Å². The van der Waals surface area contributed by atoms with E-state index in [0.717, 1.165) is 21.3 Å². The zero-order chi connectivity index (χ0) is 20.8. The lowest BCUT2D eigenvalue weighted by Crippen LogP contribution is -2.32. The quantitative estimate of drug-likeness (QED) is 0.338. The highest BCUT2D eigenvalue weighted by atomic mass is 79.9. The molecule has 0 radical (unpaired) electrons. The van der Waals surface area contributed by atoms with Gasteiger partial charge in [0.05, 0.1) is 11.5 Å². The largest absolute Gasteiger partial charge is 0.378 e. The average Bonchev–Trinajstić information content (AvgIpc) is 2.99. The number of thioether (sulfide) groups is 1. The summed E-state index contributed by atoms with van der Waals surface area (Å²) >= 11 is 4.89. The normalized spacial score (nSPS) is 18.0. The van der Waals surface area contributed by atoms with Crippen LogP contribution in [0.3, 0.4) is 0 Å². The molecule has 1 atom stereocenters. The van der Waals surface area contributed by atoms with Gasteiger partial charge in [-0.1, -0.05) is 58.0 Å². The third-order valence-electron chi connectivity index (χ3n) is 4.43. The fourth-order valence-electron chi connectivity index (χ4n) is 2.85. The molecule has 1 amide bonds. The number of benzene rings is 2. The van der Waals surface area contributed by atoms with Crippen molar-refractivity contribution >= 4 is 50.7 Å². The van der Waals surface area contributed by atoms with Crippen LogP contribution in [0.15, 0.2) is 75.9 Å². The van der Waals surface area contributed by atoms with Gasteiger partial charge in [0.15, 0.2) is 5.17 Å². The zero-order valence-corrected chi connectivity index (χ0v) is 18.9. The topological polar surface area (TPSA) is 48.3 Å². The Labute approximate surface area is 184 Å². The highest BCUT2D eigenvalue weighted by Gasteiger charge is 2.37.